The number of likely N-dealkylation sites (tertiary alicyclic amines) is 1. The summed E-state index contributed by atoms with van der Waals surface area (Å²) in [6.45, 7) is 13.2. The number of alkyl carbamates (subject to hydrolysis) is 1. The number of nitrogens with zero attached hydrogens (tertiary/aromatic N) is 3. The summed E-state index contributed by atoms with van der Waals surface area (Å²) in [6.07, 6.45) is 1.21. The molecule has 3 heterocycles. The topological polar surface area (TPSA) is 89.6 Å². The lowest BCUT2D eigenvalue weighted by Gasteiger charge is -2.32. The molecule has 164 valence electrons. The van der Waals surface area contributed by atoms with Crippen LogP contribution in [0.2, 0.25) is 0 Å². The smallest absolute Gasteiger partial charge is 0.407 e. The van der Waals surface area contributed by atoms with Gasteiger partial charge in [0.2, 0.25) is 0 Å². The lowest BCUT2D eigenvalue weighted by Crippen LogP contribution is -2.47. The number of Topliss-reactive ketones (excluding diaryl/α,β-unsaturated/α-hetero) is 1. The molecule has 1 fully saturated rings. The third-order valence-corrected chi connectivity index (χ3v) is 5.25. The Hall–Kier alpha value is -2.61. The number of carbonyl (C=O) groups is 2. The van der Waals surface area contributed by atoms with Gasteiger partial charge in [0.05, 0.1) is 6.54 Å². The number of rotatable bonds is 5. The number of aromatic nitrogens is 2. The van der Waals surface area contributed by atoms with Crippen molar-refractivity contribution in [2.24, 2.45) is 0 Å². The normalized spacial score (nSPS) is 15.9. The number of amides is 1. The predicted octanol–water partition coefficient (Wildman–Crippen LogP) is 3.56. The Morgan fingerprint density at radius 1 is 1.20 bits per heavy atom. The van der Waals surface area contributed by atoms with Gasteiger partial charge < -0.3 is 14.6 Å². The van der Waals surface area contributed by atoms with Crippen molar-refractivity contribution in [2.75, 3.05) is 19.6 Å². The number of carbonyl (C=O) groups excluding carboxylic acids is 2. The van der Waals surface area contributed by atoms with Crippen molar-refractivity contribution in [2.45, 2.75) is 66.0 Å². The van der Waals surface area contributed by atoms with Crippen LogP contribution in [0.1, 0.15) is 61.1 Å². The molecule has 2 aromatic rings. The average molecular weight is 417 g/mol. The van der Waals surface area contributed by atoms with Gasteiger partial charge in [-0.1, -0.05) is 5.16 Å². The van der Waals surface area contributed by atoms with E-state index in [4.69, 9.17) is 9.26 Å². The van der Waals surface area contributed by atoms with Crippen molar-refractivity contribution < 1.29 is 18.8 Å². The summed E-state index contributed by atoms with van der Waals surface area (Å²) >= 11 is 0. The summed E-state index contributed by atoms with van der Waals surface area (Å²) in [6, 6.07) is 3.85. The zero-order valence-electron chi connectivity index (χ0n) is 18.7. The summed E-state index contributed by atoms with van der Waals surface area (Å²) < 4.78 is 12.4. The molecule has 1 N–H and O–H groups in total. The molecule has 1 aliphatic heterocycles. The molecule has 2 aromatic heterocycles. The number of hydrogen-bond acceptors (Lipinski definition) is 6. The molecule has 8 nitrogen and oxygen atoms in total. The highest BCUT2D eigenvalue weighted by molar-refractivity contribution is 5.99. The second-order valence-electron chi connectivity index (χ2n) is 9.04. The van der Waals surface area contributed by atoms with E-state index >= 15 is 0 Å². The molecule has 0 spiro atoms. The van der Waals surface area contributed by atoms with Crippen LogP contribution in [0.4, 0.5) is 4.79 Å². The molecule has 30 heavy (non-hydrogen) atoms. The Morgan fingerprint density at radius 2 is 1.87 bits per heavy atom. The van der Waals surface area contributed by atoms with E-state index < -0.39 is 5.60 Å². The van der Waals surface area contributed by atoms with E-state index in [9.17, 15) is 9.59 Å². The second kappa shape index (κ2) is 8.63. The number of aryl methyl sites for hydroxylation is 2. The zero-order valence-corrected chi connectivity index (χ0v) is 18.7. The van der Waals surface area contributed by atoms with E-state index in [-0.39, 0.29) is 17.9 Å². The van der Waals surface area contributed by atoms with Gasteiger partial charge in [0, 0.05) is 42.1 Å². The fourth-order valence-electron chi connectivity index (χ4n) is 3.85. The first-order chi connectivity index (χ1) is 14.0. The highest BCUT2D eigenvalue weighted by Crippen LogP contribution is 2.22. The van der Waals surface area contributed by atoms with Crippen LogP contribution in [-0.2, 0) is 4.74 Å². The Labute approximate surface area is 177 Å². The number of ether oxygens (including phenoxy) is 1. The van der Waals surface area contributed by atoms with Crippen molar-refractivity contribution in [1.29, 1.82) is 0 Å². The molecule has 1 saturated heterocycles. The third kappa shape index (κ3) is 5.30. The minimum absolute atomic E-state index is 0.0756. The minimum Gasteiger partial charge on any atom is -0.444 e. The second-order valence-corrected chi connectivity index (χ2v) is 9.04. The van der Waals surface area contributed by atoms with E-state index in [1.54, 1.807) is 0 Å². The van der Waals surface area contributed by atoms with Gasteiger partial charge in [-0.2, -0.15) is 0 Å². The predicted molar refractivity (Wildman–Crippen MR) is 113 cm³/mol. The van der Waals surface area contributed by atoms with E-state index in [0.717, 1.165) is 43.1 Å². The summed E-state index contributed by atoms with van der Waals surface area (Å²) in [7, 11) is 0. The van der Waals surface area contributed by atoms with Gasteiger partial charge in [0.1, 0.15) is 11.4 Å². The molecule has 0 aromatic carbocycles. The van der Waals surface area contributed by atoms with E-state index in [1.165, 1.54) is 0 Å². The highest BCUT2D eigenvalue weighted by atomic mass is 16.6. The largest absolute Gasteiger partial charge is 0.444 e. The van der Waals surface area contributed by atoms with Gasteiger partial charge >= 0.3 is 6.09 Å². The Morgan fingerprint density at radius 3 is 2.43 bits per heavy atom. The van der Waals surface area contributed by atoms with Crippen LogP contribution in [0.5, 0.6) is 0 Å². The van der Waals surface area contributed by atoms with Crippen molar-refractivity contribution in [3.8, 4) is 5.82 Å². The van der Waals surface area contributed by atoms with E-state index in [2.05, 4.69) is 15.4 Å². The Kier molecular flexibility index (Phi) is 6.36. The lowest BCUT2D eigenvalue weighted by molar-refractivity contribution is 0.0476. The SMILES string of the molecule is Cc1cc(-n2c(C)cc(C(=O)CN3CCC(NC(=O)OC(C)(C)C)CC3)c2C)no1. The van der Waals surface area contributed by atoms with Gasteiger partial charge in [-0.15, -0.1) is 0 Å². The fourth-order valence-corrected chi connectivity index (χ4v) is 3.85. The molecule has 0 unspecified atom stereocenters. The van der Waals surface area contributed by atoms with Gasteiger partial charge in [-0.05, 0) is 60.5 Å². The first kappa shape index (κ1) is 22.1. The maximum atomic E-state index is 13.0. The monoisotopic (exact) mass is 416 g/mol. The fraction of sp³-hybridized carbons (Fsp3) is 0.591. The number of hydrogen-bond donors (Lipinski definition) is 1. The van der Waals surface area contributed by atoms with Gasteiger partial charge in [-0.3, -0.25) is 14.3 Å². The molecule has 0 bridgehead atoms. The lowest BCUT2D eigenvalue weighted by atomic mass is 10.0. The molecule has 0 aliphatic carbocycles. The van der Waals surface area contributed by atoms with Gasteiger partial charge in [-0.25, -0.2) is 4.79 Å². The molecule has 1 aliphatic rings. The van der Waals surface area contributed by atoms with Crippen LogP contribution in [0.15, 0.2) is 16.7 Å². The standard InChI is InChI=1S/C22H32N4O4/c1-14-11-18(16(3)26(14)20-12-15(2)30-24-20)19(27)13-25-9-7-17(8-10-25)23-21(28)29-22(4,5)6/h11-12,17H,7-10,13H2,1-6H3,(H,23,28). The molecule has 0 atom stereocenters. The van der Waals surface area contributed by atoms with Crippen LogP contribution in [0, 0.1) is 20.8 Å². The highest BCUT2D eigenvalue weighted by Gasteiger charge is 2.26. The molecule has 1 amide bonds. The first-order valence-corrected chi connectivity index (χ1v) is 10.4. The molecule has 8 heteroatoms. The van der Waals surface area contributed by atoms with Crippen LogP contribution in [-0.4, -0.2) is 57.8 Å². The minimum atomic E-state index is -0.506. The van der Waals surface area contributed by atoms with Crippen LogP contribution < -0.4 is 5.32 Å². The maximum Gasteiger partial charge on any atom is 0.407 e. The molecule has 0 radical (unpaired) electrons. The number of piperidine rings is 1. The molecule has 3 rings (SSSR count). The summed E-state index contributed by atoms with van der Waals surface area (Å²) in [4.78, 5) is 27.1. The molecule has 0 saturated carbocycles. The summed E-state index contributed by atoms with van der Waals surface area (Å²) in [5, 5.41) is 7.00. The van der Waals surface area contributed by atoms with Crippen LogP contribution in [0.3, 0.4) is 0 Å². The summed E-state index contributed by atoms with van der Waals surface area (Å²) in [5.74, 6) is 1.51. The Bertz CT molecular complexity index is 914. The van der Waals surface area contributed by atoms with Crippen molar-refractivity contribution >= 4 is 11.9 Å². The van der Waals surface area contributed by atoms with Crippen molar-refractivity contribution in [1.82, 2.24) is 19.9 Å². The van der Waals surface area contributed by atoms with Crippen molar-refractivity contribution in [3.05, 3.63) is 34.8 Å². The van der Waals surface area contributed by atoms with Gasteiger partial charge in [0.25, 0.3) is 0 Å². The number of ketones is 1. The van der Waals surface area contributed by atoms with Gasteiger partial charge in [0.15, 0.2) is 11.6 Å². The van der Waals surface area contributed by atoms with E-state index in [1.807, 2.05) is 58.2 Å². The maximum absolute atomic E-state index is 13.0. The number of nitrogens with one attached hydrogen (secondary N) is 1. The quantitative estimate of drug-likeness (QED) is 0.750. The van der Waals surface area contributed by atoms with Crippen molar-refractivity contribution in [3.63, 3.8) is 0 Å². The van der Waals surface area contributed by atoms with Crippen LogP contribution >= 0.6 is 0 Å². The first-order valence-electron chi connectivity index (χ1n) is 10.4. The average Bonchev–Trinajstić information content (AvgIpc) is 3.17. The molecular weight excluding hydrogens is 384 g/mol. The Balaban J connectivity index is 1.56. The zero-order chi connectivity index (χ0) is 22.1. The van der Waals surface area contributed by atoms with E-state index in [0.29, 0.717) is 17.9 Å². The summed E-state index contributed by atoms with van der Waals surface area (Å²) in [5.41, 5.74) is 2.02. The van der Waals surface area contributed by atoms with Crippen LogP contribution in [0.25, 0.3) is 5.82 Å². The third-order valence-electron chi connectivity index (χ3n) is 5.25. The molecular formula is C22H32N4O4.